The highest BCUT2D eigenvalue weighted by atomic mass is 35.5. The molecule has 0 aliphatic heterocycles. The van der Waals surface area contributed by atoms with Crippen molar-refractivity contribution in [3.05, 3.63) is 101 Å². The molecule has 1 N–H and O–H groups in total. The molecule has 1 aromatic heterocycles. The maximum atomic E-state index is 13.0. The van der Waals surface area contributed by atoms with Crippen LogP contribution in [0.15, 0.2) is 83.4 Å². The normalized spacial score (nSPS) is 10.7. The summed E-state index contributed by atoms with van der Waals surface area (Å²) in [6.45, 7) is 0.287. The van der Waals surface area contributed by atoms with Gasteiger partial charge in [-0.3, -0.25) is 4.79 Å². The van der Waals surface area contributed by atoms with Gasteiger partial charge in [-0.1, -0.05) is 35.9 Å². The van der Waals surface area contributed by atoms with E-state index < -0.39 is 0 Å². The fraction of sp³-hybridized carbons (Fsp3) is 0.0435. The second kappa shape index (κ2) is 8.29. The number of oxazole rings is 1. The molecule has 0 fully saturated rings. The summed E-state index contributed by atoms with van der Waals surface area (Å²) in [6.07, 6.45) is 1.62. The number of carbonyl (C=O) groups is 1. The van der Waals surface area contributed by atoms with Gasteiger partial charge in [-0.15, -0.1) is 0 Å². The minimum absolute atomic E-state index is 0.267. The molecule has 0 bridgehead atoms. The third-order valence-electron chi connectivity index (χ3n) is 4.40. The van der Waals surface area contributed by atoms with E-state index in [2.05, 4.69) is 10.3 Å². The first kappa shape index (κ1) is 18.9. The molecule has 0 unspecified atom stereocenters. The lowest BCUT2D eigenvalue weighted by molar-refractivity contribution is 0.0951. The lowest BCUT2D eigenvalue weighted by Gasteiger charge is -2.08. The van der Waals surface area contributed by atoms with Crippen LogP contribution in [0, 0.1) is 5.82 Å². The van der Waals surface area contributed by atoms with E-state index in [9.17, 15) is 9.18 Å². The molecule has 0 atom stereocenters. The van der Waals surface area contributed by atoms with Crippen LogP contribution in [0.3, 0.4) is 0 Å². The number of benzene rings is 3. The van der Waals surface area contributed by atoms with E-state index in [0.29, 0.717) is 27.8 Å². The number of nitrogens with zero attached hydrogens (tertiary/aromatic N) is 1. The molecule has 0 saturated heterocycles. The van der Waals surface area contributed by atoms with Crippen molar-refractivity contribution >= 4 is 17.5 Å². The zero-order chi connectivity index (χ0) is 20.2. The molecular formula is C23H16ClFN2O2. The summed E-state index contributed by atoms with van der Waals surface area (Å²) in [7, 11) is 0. The Morgan fingerprint density at radius 3 is 2.48 bits per heavy atom. The molecule has 4 rings (SSSR count). The third kappa shape index (κ3) is 4.36. The van der Waals surface area contributed by atoms with Crippen LogP contribution in [0.5, 0.6) is 0 Å². The number of halogens is 2. The van der Waals surface area contributed by atoms with Crippen molar-refractivity contribution in [2.45, 2.75) is 6.54 Å². The van der Waals surface area contributed by atoms with Gasteiger partial charge in [0.25, 0.3) is 5.91 Å². The van der Waals surface area contributed by atoms with Gasteiger partial charge in [0.15, 0.2) is 5.76 Å². The fourth-order valence-corrected chi connectivity index (χ4v) is 3.02. The molecule has 0 radical (unpaired) electrons. The molecule has 4 aromatic rings. The Morgan fingerprint density at radius 1 is 1.00 bits per heavy atom. The SMILES string of the molecule is O=C(NCc1ccc(F)cc1)c1ccccc1-c1ncc(-c2ccc(Cl)cc2)o1. The molecule has 0 aliphatic rings. The summed E-state index contributed by atoms with van der Waals surface area (Å²) in [5.74, 6) is 0.350. The van der Waals surface area contributed by atoms with Gasteiger partial charge in [-0.05, 0) is 54.1 Å². The molecule has 1 heterocycles. The Labute approximate surface area is 172 Å². The smallest absolute Gasteiger partial charge is 0.252 e. The summed E-state index contributed by atoms with van der Waals surface area (Å²) in [5, 5.41) is 3.48. The Morgan fingerprint density at radius 2 is 1.72 bits per heavy atom. The van der Waals surface area contributed by atoms with Crippen LogP contribution in [-0.2, 0) is 6.54 Å². The summed E-state index contributed by atoms with van der Waals surface area (Å²) in [6, 6.07) is 20.3. The lowest BCUT2D eigenvalue weighted by atomic mass is 10.1. The van der Waals surface area contributed by atoms with Crippen LogP contribution in [0.2, 0.25) is 5.02 Å². The largest absolute Gasteiger partial charge is 0.436 e. The Hall–Kier alpha value is -3.44. The van der Waals surface area contributed by atoms with E-state index in [0.717, 1.165) is 11.1 Å². The Kier molecular flexibility index (Phi) is 5.40. The third-order valence-corrected chi connectivity index (χ3v) is 4.65. The number of nitrogens with one attached hydrogen (secondary N) is 1. The number of hydrogen-bond donors (Lipinski definition) is 1. The molecule has 6 heteroatoms. The van der Waals surface area contributed by atoms with Gasteiger partial charge in [-0.2, -0.15) is 0 Å². The first-order chi connectivity index (χ1) is 14.1. The average Bonchev–Trinajstić information content (AvgIpc) is 3.24. The highest BCUT2D eigenvalue weighted by Crippen LogP contribution is 2.29. The van der Waals surface area contributed by atoms with E-state index in [-0.39, 0.29) is 18.3 Å². The molecular weight excluding hydrogens is 391 g/mol. The monoisotopic (exact) mass is 406 g/mol. The topological polar surface area (TPSA) is 55.1 Å². The molecule has 4 nitrogen and oxygen atoms in total. The van der Waals surface area contributed by atoms with Gasteiger partial charge in [0.2, 0.25) is 5.89 Å². The quantitative estimate of drug-likeness (QED) is 0.460. The average molecular weight is 407 g/mol. The van der Waals surface area contributed by atoms with Crippen molar-refractivity contribution in [3.8, 4) is 22.8 Å². The van der Waals surface area contributed by atoms with E-state index in [1.807, 2.05) is 18.2 Å². The molecule has 29 heavy (non-hydrogen) atoms. The van der Waals surface area contributed by atoms with Crippen molar-refractivity contribution < 1.29 is 13.6 Å². The van der Waals surface area contributed by atoms with Gasteiger partial charge in [0.05, 0.1) is 11.8 Å². The van der Waals surface area contributed by atoms with Crippen molar-refractivity contribution in [1.29, 1.82) is 0 Å². The zero-order valence-electron chi connectivity index (χ0n) is 15.2. The van der Waals surface area contributed by atoms with Crippen LogP contribution in [0.1, 0.15) is 15.9 Å². The summed E-state index contributed by atoms with van der Waals surface area (Å²) in [5.41, 5.74) is 2.67. The maximum absolute atomic E-state index is 13.0. The van der Waals surface area contributed by atoms with Crippen LogP contribution in [0.25, 0.3) is 22.8 Å². The van der Waals surface area contributed by atoms with Crippen molar-refractivity contribution in [2.24, 2.45) is 0 Å². The van der Waals surface area contributed by atoms with Crippen molar-refractivity contribution in [1.82, 2.24) is 10.3 Å². The summed E-state index contributed by atoms with van der Waals surface area (Å²) >= 11 is 5.93. The van der Waals surface area contributed by atoms with E-state index in [1.54, 1.807) is 48.7 Å². The highest BCUT2D eigenvalue weighted by Gasteiger charge is 2.17. The van der Waals surface area contributed by atoms with Crippen LogP contribution >= 0.6 is 11.6 Å². The predicted molar refractivity (Wildman–Crippen MR) is 110 cm³/mol. The van der Waals surface area contributed by atoms with E-state index >= 15 is 0 Å². The predicted octanol–water partition coefficient (Wildman–Crippen LogP) is 5.73. The van der Waals surface area contributed by atoms with Crippen LogP contribution in [0.4, 0.5) is 4.39 Å². The first-order valence-corrected chi connectivity index (χ1v) is 9.32. The van der Waals surface area contributed by atoms with Gasteiger partial charge in [0, 0.05) is 22.7 Å². The zero-order valence-corrected chi connectivity index (χ0v) is 16.0. The Balaban J connectivity index is 1.56. The highest BCUT2D eigenvalue weighted by molar-refractivity contribution is 6.30. The van der Waals surface area contributed by atoms with Gasteiger partial charge < -0.3 is 9.73 Å². The lowest BCUT2D eigenvalue weighted by Crippen LogP contribution is -2.23. The van der Waals surface area contributed by atoms with Crippen molar-refractivity contribution in [2.75, 3.05) is 0 Å². The Bertz CT molecular complexity index is 1140. The molecule has 1 amide bonds. The summed E-state index contributed by atoms with van der Waals surface area (Å²) in [4.78, 5) is 17.1. The standard InChI is InChI=1S/C23H16ClFN2O2/c24-17-9-7-16(8-10-17)21-14-27-23(29-21)20-4-2-1-3-19(20)22(28)26-13-15-5-11-18(25)12-6-15/h1-12,14H,13H2,(H,26,28). The molecule has 3 aromatic carbocycles. The second-order valence-corrected chi connectivity index (χ2v) is 6.83. The maximum Gasteiger partial charge on any atom is 0.252 e. The number of carbonyl (C=O) groups excluding carboxylic acids is 1. The number of amides is 1. The summed E-state index contributed by atoms with van der Waals surface area (Å²) < 4.78 is 18.9. The minimum Gasteiger partial charge on any atom is -0.436 e. The van der Waals surface area contributed by atoms with Crippen LogP contribution < -0.4 is 5.32 Å². The van der Waals surface area contributed by atoms with E-state index in [1.165, 1.54) is 12.1 Å². The van der Waals surface area contributed by atoms with Gasteiger partial charge in [0.1, 0.15) is 5.82 Å². The van der Waals surface area contributed by atoms with Crippen LogP contribution in [-0.4, -0.2) is 10.9 Å². The first-order valence-electron chi connectivity index (χ1n) is 8.94. The molecule has 0 spiro atoms. The minimum atomic E-state index is -0.314. The van der Waals surface area contributed by atoms with Gasteiger partial charge in [-0.25, -0.2) is 9.37 Å². The molecule has 0 saturated carbocycles. The number of rotatable bonds is 5. The number of aromatic nitrogens is 1. The molecule has 144 valence electrons. The van der Waals surface area contributed by atoms with Crippen molar-refractivity contribution in [3.63, 3.8) is 0 Å². The number of hydrogen-bond acceptors (Lipinski definition) is 3. The van der Waals surface area contributed by atoms with E-state index in [4.69, 9.17) is 16.0 Å². The van der Waals surface area contributed by atoms with Gasteiger partial charge >= 0.3 is 0 Å². The molecule has 0 aliphatic carbocycles. The second-order valence-electron chi connectivity index (χ2n) is 6.39. The fourth-order valence-electron chi connectivity index (χ4n) is 2.89.